The zero-order valence-corrected chi connectivity index (χ0v) is 16.3. The van der Waals surface area contributed by atoms with E-state index in [0.29, 0.717) is 35.0 Å². The lowest BCUT2D eigenvalue weighted by molar-refractivity contribution is -0.383. The van der Waals surface area contributed by atoms with E-state index in [0.717, 1.165) is 0 Å². The summed E-state index contributed by atoms with van der Waals surface area (Å²) >= 11 is 0. The van der Waals surface area contributed by atoms with E-state index in [1.165, 1.54) is 6.07 Å². The maximum Gasteiger partial charge on any atom is 0.340 e. The first-order valence-electron chi connectivity index (χ1n) is 9.36. The molecule has 1 heterocycles. The van der Waals surface area contributed by atoms with E-state index in [9.17, 15) is 19.7 Å². The average Bonchev–Trinajstić information content (AvgIpc) is 2.65. The minimum absolute atomic E-state index is 0.0492. The van der Waals surface area contributed by atoms with Crippen molar-refractivity contribution >= 4 is 28.5 Å². The van der Waals surface area contributed by atoms with Gasteiger partial charge >= 0.3 is 11.9 Å². The first-order valence-corrected chi connectivity index (χ1v) is 9.36. The summed E-state index contributed by atoms with van der Waals surface area (Å²) < 4.78 is 10.2. The number of carbonyl (C=O) groups excluding carboxylic acids is 2. The number of esters is 2. The standard InChI is InChI=1S/C20H24N2O6/c1-4-8-15-18(20(24)28-6-3)13(11-12-17(23)27-5-2)14-9-7-10-16(22(25)26)19(14)21-15/h7,9-10H,4-6,8,11-12H2,1-3H3. The molecule has 8 heteroatoms. The van der Waals surface area contributed by atoms with Crippen LogP contribution in [0.3, 0.4) is 0 Å². The SMILES string of the molecule is CCCc1nc2c([N+](=O)[O-])cccc2c(CCC(=O)OCC)c1C(=O)OCC. The van der Waals surface area contributed by atoms with Crippen molar-refractivity contribution in [2.75, 3.05) is 13.2 Å². The number of nitrogens with zero attached hydrogens (tertiary/aromatic N) is 2. The smallest absolute Gasteiger partial charge is 0.340 e. The van der Waals surface area contributed by atoms with Crippen molar-refractivity contribution in [1.82, 2.24) is 4.98 Å². The number of rotatable bonds is 9. The van der Waals surface area contributed by atoms with Crippen LogP contribution in [0.1, 0.15) is 55.2 Å². The van der Waals surface area contributed by atoms with Crippen LogP contribution in [-0.4, -0.2) is 35.1 Å². The molecule has 0 saturated heterocycles. The molecular formula is C20H24N2O6. The Morgan fingerprint density at radius 3 is 2.43 bits per heavy atom. The monoisotopic (exact) mass is 388 g/mol. The maximum absolute atomic E-state index is 12.7. The number of ether oxygens (including phenoxy) is 2. The molecule has 0 amide bonds. The first-order chi connectivity index (χ1) is 13.4. The molecule has 0 aliphatic carbocycles. The number of fused-ring (bicyclic) bond motifs is 1. The van der Waals surface area contributed by atoms with E-state index in [-0.39, 0.29) is 37.3 Å². The van der Waals surface area contributed by atoms with Crippen LogP contribution >= 0.6 is 0 Å². The molecule has 0 N–H and O–H groups in total. The first kappa shape index (κ1) is 21.3. The topological polar surface area (TPSA) is 109 Å². The number of benzene rings is 1. The lowest BCUT2D eigenvalue weighted by Gasteiger charge is -2.16. The molecule has 0 bridgehead atoms. The number of nitro groups is 1. The highest BCUT2D eigenvalue weighted by Gasteiger charge is 2.25. The van der Waals surface area contributed by atoms with Gasteiger partial charge in [0.2, 0.25) is 0 Å². The lowest BCUT2D eigenvalue weighted by Crippen LogP contribution is -2.16. The summed E-state index contributed by atoms with van der Waals surface area (Å²) in [4.78, 5) is 40.0. The third-order valence-electron chi connectivity index (χ3n) is 4.22. The fourth-order valence-corrected chi connectivity index (χ4v) is 3.12. The molecule has 0 spiro atoms. The minimum atomic E-state index is -0.536. The van der Waals surface area contributed by atoms with Crippen LogP contribution < -0.4 is 0 Å². The quantitative estimate of drug-likeness (QED) is 0.365. The van der Waals surface area contributed by atoms with Gasteiger partial charge in [-0.05, 0) is 32.3 Å². The molecule has 0 atom stereocenters. The molecule has 8 nitrogen and oxygen atoms in total. The highest BCUT2D eigenvalue weighted by atomic mass is 16.6. The molecule has 1 aromatic heterocycles. The zero-order valence-electron chi connectivity index (χ0n) is 16.3. The van der Waals surface area contributed by atoms with E-state index in [2.05, 4.69) is 4.98 Å². The van der Waals surface area contributed by atoms with Crippen LogP contribution in [0.15, 0.2) is 18.2 Å². The van der Waals surface area contributed by atoms with Crippen molar-refractivity contribution in [2.24, 2.45) is 0 Å². The van der Waals surface area contributed by atoms with Crippen molar-refractivity contribution in [2.45, 2.75) is 46.5 Å². The molecule has 150 valence electrons. The average molecular weight is 388 g/mol. The van der Waals surface area contributed by atoms with E-state index in [1.807, 2.05) is 6.92 Å². The fourth-order valence-electron chi connectivity index (χ4n) is 3.12. The minimum Gasteiger partial charge on any atom is -0.466 e. The van der Waals surface area contributed by atoms with Crippen LogP contribution in [0.5, 0.6) is 0 Å². The molecular weight excluding hydrogens is 364 g/mol. The second kappa shape index (κ2) is 9.77. The van der Waals surface area contributed by atoms with Crippen molar-refractivity contribution in [3.63, 3.8) is 0 Å². The van der Waals surface area contributed by atoms with Gasteiger partial charge < -0.3 is 9.47 Å². The molecule has 0 unspecified atom stereocenters. The van der Waals surface area contributed by atoms with Gasteiger partial charge in [-0.25, -0.2) is 9.78 Å². The lowest BCUT2D eigenvalue weighted by atomic mass is 9.94. The number of carbonyl (C=O) groups is 2. The van der Waals surface area contributed by atoms with Crippen molar-refractivity contribution in [3.05, 3.63) is 45.1 Å². The molecule has 0 fully saturated rings. The summed E-state index contributed by atoms with van der Waals surface area (Å²) in [5.41, 5.74) is 1.34. The number of pyridine rings is 1. The largest absolute Gasteiger partial charge is 0.466 e. The summed E-state index contributed by atoms with van der Waals surface area (Å²) in [6.45, 7) is 5.79. The highest BCUT2D eigenvalue weighted by Crippen LogP contribution is 2.31. The fraction of sp³-hybridized carbons (Fsp3) is 0.450. The molecule has 2 aromatic rings. The number of hydrogen-bond donors (Lipinski definition) is 0. The molecule has 0 saturated carbocycles. The van der Waals surface area contributed by atoms with Crippen LogP contribution in [0.4, 0.5) is 5.69 Å². The normalized spacial score (nSPS) is 10.7. The molecule has 28 heavy (non-hydrogen) atoms. The highest BCUT2D eigenvalue weighted by molar-refractivity contribution is 6.00. The predicted octanol–water partition coefficient (Wildman–Crippen LogP) is 3.77. The summed E-state index contributed by atoms with van der Waals surface area (Å²) in [6.07, 6.45) is 1.41. The van der Waals surface area contributed by atoms with Crippen molar-refractivity contribution < 1.29 is 24.0 Å². The Kier molecular flexibility index (Phi) is 7.43. The summed E-state index contributed by atoms with van der Waals surface area (Å²) in [7, 11) is 0. The Bertz CT molecular complexity index is 894. The summed E-state index contributed by atoms with van der Waals surface area (Å²) in [5.74, 6) is -0.935. The molecule has 0 aliphatic heterocycles. The number of para-hydroxylation sites is 1. The van der Waals surface area contributed by atoms with Crippen LogP contribution in [0.25, 0.3) is 10.9 Å². The van der Waals surface area contributed by atoms with Gasteiger partial charge in [0.15, 0.2) is 0 Å². The Labute approximate surface area is 163 Å². The molecule has 1 aromatic carbocycles. The molecule has 0 radical (unpaired) electrons. The number of non-ortho nitro benzene ring substituents is 1. The van der Waals surface area contributed by atoms with Crippen LogP contribution in [0.2, 0.25) is 0 Å². The van der Waals surface area contributed by atoms with Gasteiger partial charge in [-0.2, -0.15) is 0 Å². The maximum atomic E-state index is 12.7. The Balaban J connectivity index is 2.74. The second-order valence-electron chi connectivity index (χ2n) is 6.12. The number of hydrogen-bond acceptors (Lipinski definition) is 7. The van der Waals surface area contributed by atoms with Gasteiger partial charge in [0, 0.05) is 17.9 Å². The predicted molar refractivity (Wildman–Crippen MR) is 103 cm³/mol. The van der Waals surface area contributed by atoms with E-state index < -0.39 is 16.9 Å². The van der Waals surface area contributed by atoms with Gasteiger partial charge in [-0.15, -0.1) is 0 Å². The Morgan fingerprint density at radius 2 is 1.82 bits per heavy atom. The van der Waals surface area contributed by atoms with Gasteiger partial charge in [-0.3, -0.25) is 14.9 Å². The number of aryl methyl sites for hydroxylation is 2. The van der Waals surface area contributed by atoms with E-state index in [4.69, 9.17) is 9.47 Å². The third kappa shape index (κ3) is 4.62. The van der Waals surface area contributed by atoms with Gasteiger partial charge in [0.1, 0.15) is 5.52 Å². The Hall–Kier alpha value is -3.03. The van der Waals surface area contributed by atoms with Gasteiger partial charge in [-0.1, -0.05) is 25.5 Å². The molecule has 0 aliphatic rings. The third-order valence-corrected chi connectivity index (χ3v) is 4.22. The van der Waals surface area contributed by atoms with Crippen LogP contribution in [0, 0.1) is 10.1 Å². The Morgan fingerprint density at radius 1 is 1.11 bits per heavy atom. The van der Waals surface area contributed by atoms with Gasteiger partial charge in [0.05, 0.1) is 29.4 Å². The zero-order chi connectivity index (χ0) is 20.7. The van der Waals surface area contributed by atoms with Crippen LogP contribution in [-0.2, 0) is 27.1 Å². The molecule has 2 rings (SSSR count). The number of aromatic nitrogens is 1. The second-order valence-corrected chi connectivity index (χ2v) is 6.12. The van der Waals surface area contributed by atoms with Gasteiger partial charge in [0.25, 0.3) is 5.69 Å². The number of nitro benzene ring substituents is 1. The summed E-state index contributed by atoms with van der Waals surface area (Å²) in [6, 6.07) is 4.60. The van der Waals surface area contributed by atoms with Crippen molar-refractivity contribution in [3.8, 4) is 0 Å². The van der Waals surface area contributed by atoms with E-state index >= 15 is 0 Å². The van der Waals surface area contributed by atoms with E-state index in [1.54, 1.807) is 26.0 Å². The van der Waals surface area contributed by atoms with Crippen molar-refractivity contribution in [1.29, 1.82) is 0 Å². The summed E-state index contributed by atoms with van der Waals surface area (Å²) in [5, 5.41) is 11.9.